The van der Waals surface area contributed by atoms with E-state index < -0.39 is 5.60 Å². The zero-order valence-corrected chi connectivity index (χ0v) is 14.1. The molecule has 20 heavy (non-hydrogen) atoms. The van der Waals surface area contributed by atoms with Gasteiger partial charge in [0.05, 0.1) is 5.60 Å². The van der Waals surface area contributed by atoms with E-state index in [1.165, 1.54) is 5.56 Å². The third kappa shape index (κ3) is 1.85. The summed E-state index contributed by atoms with van der Waals surface area (Å²) in [6.45, 7) is 5.13. The van der Waals surface area contributed by atoms with Gasteiger partial charge < -0.3 is 15.1 Å². The third-order valence-corrected chi connectivity index (χ3v) is 5.67. The monoisotopic (exact) mass is 341 g/mol. The van der Waals surface area contributed by atoms with Crippen LogP contribution < -0.4 is 0 Å². The van der Waals surface area contributed by atoms with E-state index in [0.29, 0.717) is 5.75 Å². The summed E-state index contributed by atoms with van der Waals surface area (Å²) in [4.78, 5) is 2.28. The van der Waals surface area contributed by atoms with Crippen molar-refractivity contribution in [1.82, 2.24) is 4.90 Å². The molecule has 112 valence electrons. The molecule has 0 unspecified atom stereocenters. The minimum Gasteiger partial charge on any atom is -0.508 e. The molecule has 2 bridgehead atoms. The number of rotatable bonds is 1. The first-order valence-corrected chi connectivity index (χ1v) is 7.17. The average molecular weight is 342 g/mol. The first kappa shape index (κ1) is 15.8. The molecule has 0 spiro atoms. The standard InChI is InChI=1S/C16H23NO2.BrH/c1-4-16-7-8-17(3)14(15(16,2)19)9-11-5-6-12(18)10-13(11)16;/h5-6,10,14,18-19H,4,7-9H2,1-3H3;1H/t14-,15-,16-;/m0./s1. The third-order valence-electron chi connectivity index (χ3n) is 5.67. The lowest BCUT2D eigenvalue weighted by Crippen LogP contribution is -2.69. The van der Waals surface area contributed by atoms with E-state index in [9.17, 15) is 10.2 Å². The average Bonchev–Trinajstić information content (AvgIpc) is 2.35. The molecular formula is C16H24BrNO2. The topological polar surface area (TPSA) is 43.7 Å². The van der Waals surface area contributed by atoms with Gasteiger partial charge in [0, 0.05) is 11.5 Å². The van der Waals surface area contributed by atoms with E-state index in [2.05, 4.69) is 18.9 Å². The van der Waals surface area contributed by atoms with Gasteiger partial charge in [0.25, 0.3) is 0 Å². The maximum atomic E-state index is 11.2. The van der Waals surface area contributed by atoms with Gasteiger partial charge in [-0.3, -0.25) is 0 Å². The molecule has 0 radical (unpaired) electrons. The van der Waals surface area contributed by atoms with Gasteiger partial charge in [-0.2, -0.15) is 0 Å². The van der Waals surface area contributed by atoms with Gasteiger partial charge in [-0.15, -0.1) is 17.0 Å². The second-order valence-corrected chi connectivity index (χ2v) is 6.38. The number of nitrogens with zero attached hydrogens (tertiary/aromatic N) is 1. The van der Waals surface area contributed by atoms with Crippen LogP contribution in [-0.2, 0) is 11.8 Å². The Kier molecular flexibility index (Phi) is 3.95. The highest BCUT2D eigenvalue weighted by atomic mass is 79.9. The summed E-state index contributed by atoms with van der Waals surface area (Å²) < 4.78 is 0. The Morgan fingerprint density at radius 3 is 2.75 bits per heavy atom. The molecule has 0 amide bonds. The number of fused-ring (bicyclic) bond motifs is 4. The molecule has 2 aliphatic rings. The normalized spacial score (nSPS) is 36.1. The molecule has 1 aliphatic carbocycles. The van der Waals surface area contributed by atoms with Gasteiger partial charge in [0.2, 0.25) is 0 Å². The molecule has 1 fully saturated rings. The predicted molar refractivity (Wildman–Crippen MR) is 85.8 cm³/mol. The molecule has 3 atom stereocenters. The summed E-state index contributed by atoms with van der Waals surface area (Å²) in [5.41, 5.74) is 1.47. The van der Waals surface area contributed by atoms with Crippen LogP contribution in [0.2, 0.25) is 0 Å². The zero-order chi connectivity index (χ0) is 13.8. The lowest BCUT2D eigenvalue weighted by molar-refractivity contribution is -0.129. The van der Waals surface area contributed by atoms with Crippen LogP contribution in [0.3, 0.4) is 0 Å². The van der Waals surface area contributed by atoms with Gasteiger partial charge in [0.15, 0.2) is 0 Å². The minimum atomic E-state index is -0.741. The highest BCUT2D eigenvalue weighted by Crippen LogP contribution is 2.53. The second kappa shape index (κ2) is 5.00. The number of benzene rings is 1. The Hall–Kier alpha value is -0.580. The number of phenols is 1. The van der Waals surface area contributed by atoms with Crippen LogP contribution in [-0.4, -0.2) is 40.3 Å². The van der Waals surface area contributed by atoms with E-state index >= 15 is 0 Å². The van der Waals surface area contributed by atoms with Crippen molar-refractivity contribution >= 4 is 17.0 Å². The van der Waals surface area contributed by atoms with Gasteiger partial charge in [-0.25, -0.2) is 0 Å². The Bertz CT molecular complexity index is 517. The highest BCUT2D eigenvalue weighted by molar-refractivity contribution is 8.93. The van der Waals surface area contributed by atoms with E-state index in [1.54, 1.807) is 6.07 Å². The molecule has 0 aromatic heterocycles. The van der Waals surface area contributed by atoms with E-state index in [0.717, 1.165) is 31.4 Å². The summed E-state index contributed by atoms with van der Waals surface area (Å²) in [5, 5.41) is 21.0. The van der Waals surface area contributed by atoms with Crippen LogP contribution in [0.15, 0.2) is 18.2 Å². The van der Waals surface area contributed by atoms with Crippen molar-refractivity contribution in [2.75, 3.05) is 13.6 Å². The van der Waals surface area contributed by atoms with Crippen LogP contribution >= 0.6 is 17.0 Å². The number of likely N-dealkylation sites (tertiary alicyclic amines) is 1. The van der Waals surface area contributed by atoms with Crippen molar-refractivity contribution in [3.63, 3.8) is 0 Å². The summed E-state index contributed by atoms with van der Waals surface area (Å²) in [6.07, 6.45) is 2.71. The number of halogens is 1. The maximum absolute atomic E-state index is 11.2. The SMILES string of the molecule is Br.CC[C@]12CCN(C)[C@@H](Cc3ccc(O)cc31)[C@]2(C)O. The minimum absolute atomic E-state index is 0. The molecule has 1 heterocycles. The Labute approximate surface area is 131 Å². The number of aliphatic hydroxyl groups is 1. The highest BCUT2D eigenvalue weighted by Gasteiger charge is 2.58. The van der Waals surface area contributed by atoms with Crippen molar-refractivity contribution in [3.8, 4) is 5.75 Å². The molecule has 1 aliphatic heterocycles. The van der Waals surface area contributed by atoms with E-state index in [4.69, 9.17) is 0 Å². The lowest BCUT2D eigenvalue weighted by atomic mass is 9.54. The van der Waals surface area contributed by atoms with Crippen LogP contribution in [0.4, 0.5) is 0 Å². The Morgan fingerprint density at radius 2 is 2.10 bits per heavy atom. The largest absolute Gasteiger partial charge is 0.508 e. The molecule has 3 nitrogen and oxygen atoms in total. The van der Waals surface area contributed by atoms with Crippen LogP contribution in [0.25, 0.3) is 0 Å². The number of piperidine rings is 1. The van der Waals surface area contributed by atoms with Crippen LogP contribution in [0.1, 0.15) is 37.8 Å². The number of hydrogen-bond acceptors (Lipinski definition) is 3. The smallest absolute Gasteiger partial charge is 0.115 e. The van der Waals surface area contributed by atoms with E-state index in [1.807, 2.05) is 19.1 Å². The van der Waals surface area contributed by atoms with Crippen LogP contribution in [0.5, 0.6) is 5.75 Å². The molecule has 4 heteroatoms. The van der Waals surface area contributed by atoms with Gasteiger partial charge in [0.1, 0.15) is 5.75 Å². The predicted octanol–water partition coefficient (Wildman–Crippen LogP) is 2.63. The van der Waals surface area contributed by atoms with Crippen molar-refractivity contribution in [2.24, 2.45) is 0 Å². The summed E-state index contributed by atoms with van der Waals surface area (Å²) in [7, 11) is 2.10. The fourth-order valence-electron chi connectivity index (χ4n) is 4.41. The first-order valence-electron chi connectivity index (χ1n) is 7.17. The molecule has 3 rings (SSSR count). The summed E-state index contributed by atoms with van der Waals surface area (Å²) in [6, 6.07) is 5.82. The van der Waals surface area contributed by atoms with Crippen molar-refractivity contribution in [2.45, 2.75) is 50.2 Å². The molecular weight excluding hydrogens is 318 g/mol. The maximum Gasteiger partial charge on any atom is 0.115 e. The fourth-order valence-corrected chi connectivity index (χ4v) is 4.41. The molecule has 1 aromatic rings. The number of aromatic hydroxyl groups is 1. The Morgan fingerprint density at radius 1 is 1.40 bits per heavy atom. The molecule has 0 saturated carbocycles. The van der Waals surface area contributed by atoms with Gasteiger partial charge in [-0.05, 0) is 63.0 Å². The zero-order valence-electron chi connectivity index (χ0n) is 12.4. The Balaban J connectivity index is 0.00000147. The quantitative estimate of drug-likeness (QED) is 0.825. The van der Waals surface area contributed by atoms with Gasteiger partial charge >= 0.3 is 0 Å². The first-order chi connectivity index (χ1) is 8.92. The number of likely N-dealkylation sites (N-methyl/N-ethyl adjacent to an activating group) is 1. The fraction of sp³-hybridized carbons (Fsp3) is 0.625. The van der Waals surface area contributed by atoms with Crippen LogP contribution in [0, 0.1) is 0 Å². The van der Waals surface area contributed by atoms with Crippen molar-refractivity contribution in [3.05, 3.63) is 29.3 Å². The van der Waals surface area contributed by atoms with E-state index in [-0.39, 0.29) is 28.4 Å². The molecule has 1 saturated heterocycles. The lowest BCUT2D eigenvalue weighted by Gasteiger charge is -2.60. The van der Waals surface area contributed by atoms with Crippen molar-refractivity contribution in [1.29, 1.82) is 0 Å². The number of hydrogen-bond donors (Lipinski definition) is 2. The number of phenolic OH excluding ortho intramolecular Hbond substituents is 1. The second-order valence-electron chi connectivity index (χ2n) is 6.38. The summed E-state index contributed by atoms with van der Waals surface area (Å²) in [5.74, 6) is 0.305. The molecule has 2 N–H and O–H groups in total. The van der Waals surface area contributed by atoms with Crippen molar-refractivity contribution < 1.29 is 10.2 Å². The molecule has 1 aromatic carbocycles. The summed E-state index contributed by atoms with van der Waals surface area (Å²) >= 11 is 0. The van der Waals surface area contributed by atoms with Gasteiger partial charge in [-0.1, -0.05) is 13.0 Å².